The van der Waals surface area contributed by atoms with Gasteiger partial charge in [0.05, 0.1) is 11.4 Å². The lowest BCUT2D eigenvalue weighted by molar-refractivity contribution is 0.545. The third-order valence-electron chi connectivity index (χ3n) is 2.84. The van der Waals surface area contributed by atoms with Crippen LogP contribution in [0.3, 0.4) is 0 Å². The molecule has 2 rings (SSSR count). The van der Waals surface area contributed by atoms with Gasteiger partial charge in [0.1, 0.15) is 0 Å². The van der Waals surface area contributed by atoms with E-state index in [0.29, 0.717) is 5.92 Å². The number of hydrogen-bond donors (Lipinski definition) is 1. The van der Waals surface area contributed by atoms with Gasteiger partial charge in [0, 0.05) is 5.92 Å². The van der Waals surface area contributed by atoms with Gasteiger partial charge in [0.15, 0.2) is 0 Å². The molecule has 15 heavy (non-hydrogen) atoms. The standard InChI is InChI=1S/C9H16N4.C2H6/c1-7-5-3-2-4-6-8-9(7)11-12-13(8)10;1-2/h7H,2-6,10H2,1H3;1-2H3. The first-order valence-corrected chi connectivity index (χ1v) is 5.98. The summed E-state index contributed by atoms with van der Waals surface area (Å²) in [5.74, 6) is 6.21. The van der Waals surface area contributed by atoms with Crippen LogP contribution in [0.2, 0.25) is 0 Å². The third kappa shape index (κ3) is 2.70. The molecule has 1 aliphatic carbocycles. The van der Waals surface area contributed by atoms with E-state index < -0.39 is 0 Å². The SMILES string of the molecule is CC.CC1CCCCCc2c1nnn2N. The Balaban J connectivity index is 0.000000531. The van der Waals surface area contributed by atoms with E-state index >= 15 is 0 Å². The van der Waals surface area contributed by atoms with E-state index in [1.54, 1.807) is 0 Å². The Labute approximate surface area is 91.8 Å². The number of nitrogens with zero attached hydrogens (tertiary/aromatic N) is 3. The number of nitrogen functional groups attached to an aromatic ring is 1. The summed E-state index contributed by atoms with van der Waals surface area (Å²) >= 11 is 0. The van der Waals surface area contributed by atoms with Crippen molar-refractivity contribution in [1.82, 2.24) is 15.1 Å². The molecule has 0 saturated carbocycles. The second-order valence-corrected chi connectivity index (χ2v) is 3.87. The molecule has 0 aliphatic heterocycles. The van der Waals surface area contributed by atoms with Crippen LogP contribution in [0.4, 0.5) is 0 Å². The average molecular weight is 210 g/mol. The number of hydrogen-bond acceptors (Lipinski definition) is 3. The highest BCUT2D eigenvalue weighted by atomic mass is 15.6. The Hall–Kier alpha value is -1.06. The second kappa shape index (κ2) is 5.73. The highest BCUT2D eigenvalue weighted by Crippen LogP contribution is 2.26. The lowest BCUT2D eigenvalue weighted by Gasteiger charge is -2.14. The molecule has 1 unspecified atom stereocenters. The van der Waals surface area contributed by atoms with E-state index in [9.17, 15) is 0 Å². The van der Waals surface area contributed by atoms with E-state index in [4.69, 9.17) is 5.84 Å². The molecule has 0 bridgehead atoms. The monoisotopic (exact) mass is 210 g/mol. The van der Waals surface area contributed by atoms with Gasteiger partial charge in [-0.3, -0.25) is 0 Å². The molecule has 1 aromatic heterocycles. The molecule has 1 aromatic rings. The van der Waals surface area contributed by atoms with Crippen LogP contribution in [-0.4, -0.2) is 15.1 Å². The molecule has 2 N–H and O–H groups in total. The zero-order chi connectivity index (χ0) is 11.3. The summed E-state index contributed by atoms with van der Waals surface area (Å²) in [6.07, 6.45) is 6.06. The molecule has 86 valence electrons. The van der Waals surface area contributed by atoms with E-state index in [1.165, 1.54) is 30.5 Å². The van der Waals surface area contributed by atoms with Crippen LogP contribution >= 0.6 is 0 Å². The number of fused-ring (bicyclic) bond motifs is 1. The van der Waals surface area contributed by atoms with Gasteiger partial charge in [0.25, 0.3) is 0 Å². The predicted molar refractivity (Wildman–Crippen MR) is 62.1 cm³/mol. The van der Waals surface area contributed by atoms with Crippen LogP contribution in [0.5, 0.6) is 0 Å². The topological polar surface area (TPSA) is 56.7 Å². The van der Waals surface area contributed by atoms with Crippen molar-refractivity contribution >= 4 is 0 Å². The highest BCUT2D eigenvalue weighted by molar-refractivity contribution is 5.15. The molecule has 0 spiro atoms. The molecule has 1 aliphatic rings. The largest absolute Gasteiger partial charge is 0.322 e. The Morgan fingerprint density at radius 1 is 1.27 bits per heavy atom. The smallest absolute Gasteiger partial charge is 0.0909 e. The Morgan fingerprint density at radius 3 is 2.73 bits per heavy atom. The van der Waals surface area contributed by atoms with Crippen LogP contribution in [-0.2, 0) is 6.42 Å². The third-order valence-corrected chi connectivity index (χ3v) is 2.84. The fraction of sp³-hybridized carbons (Fsp3) is 0.818. The molecule has 4 heteroatoms. The summed E-state index contributed by atoms with van der Waals surface area (Å²) < 4.78 is 0. The first-order valence-electron chi connectivity index (χ1n) is 5.98. The zero-order valence-electron chi connectivity index (χ0n) is 10.0. The number of nitrogens with two attached hydrogens (primary N) is 1. The van der Waals surface area contributed by atoms with Crippen molar-refractivity contribution in [2.24, 2.45) is 0 Å². The maximum absolute atomic E-state index is 5.69. The van der Waals surface area contributed by atoms with Gasteiger partial charge in [-0.25, -0.2) is 0 Å². The summed E-state index contributed by atoms with van der Waals surface area (Å²) in [6.45, 7) is 6.21. The quantitative estimate of drug-likeness (QED) is 0.668. The van der Waals surface area contributed by atoms with Gasteiger partial charge in [-0.05, 0) is 24.5 Å². The van der Waals surface area contributed by atoms with Crippen LogP contribution in [0.1, 0.15) is 63.8 Å². The number of rotatable bonds is 0. The van der Waals surface area contributed by atoms with Gasteiger partial charge in [0.2, 0.25) is 0 Å². The number of aromatic nitrogens is 3. The maximum atomic E-state index is 5.69. The molecular formula is C11H22N4. The van der Waals surface area contributed by atoms with Crippen molar-refractivity contribution in [1.29, 1.82) is 0 Å². The van der Waals surface area contributed by atoms with Crippen molar-refractivity contribution in [2.45, 2.75) is 58.8 Å². The normalized spacial score (nSPS) is 20.6. The minimum absolute atomic E-state index is 0.521. The van der Waals surface area contributed by atoms with Gasteiger partial charge in [-0.2, -0.15) is 4.79 Å². The van der Waals surface area contributed by atoms with Gasteiger partial charge in [-0.1, -0.05) is 33.6 Å². The molecule has 0 amide bonds. The first-order chi connectivity index (χ1) is 7.29. The average Bonchev–Trinajstić information content (AvgIpc) is 2.59. The van der Waals surface area contributed by atoms with Crippen molar-refractivity contribution in [3.63, 3.8) is 0 Å². The molecule has 4 nitrogen and oxygen atoms in total. The lowest BCUT2D eigenvalue weighted by Crippen LogP contribution is -2.16. The van der Waals surface area contributed by atoms with E-state index in [-0.39, 0.29) is 0 Å². The van der Waals surface area contributed by atoms with Crippen molar-refractivity contribution in [2.75, 3.05) is 5.84 Å². The first kappa shape index (κ1) is 12.0. The summed E-state index contributed by atoms with van der Waals surface area (Å²) in [7, 11) is 0. The molecule has 0 fully saturated rings. The molecular weight excluding hydrogens is 188 g/mol. The van der Waals surface area contributed by atoms with Crippen LogP contribution < -0.4 is 5.84 Å². The Morgan fingerprint density at radius 2 is 2.00 bits per heavy atom. The molecule has 0 saturated heterocycles. The Kier molecular flexibility index (Phi) is 4.59. The van der Waals surface area contributed by atoms with Crippen molar-refractivity contribution in [3.05, 3.63) is 11.4 Å². The maximum Gasteiger partial charge on any atom is 0.0909 e. The van der Waals surface area contributed by atoms with Crippen LogP contribution in [0.25, 0.3) is 0 Å². The fourth-order valence-electron chi connectivity index (χ4n) is 2.01. The molecule has 0 aromatic carbocycles. The minimum atomic E-state index is 0.521. The van der Waals surface area contributed by atoms with Crippen LogP contribution in [0.15, 0.2) is 0 Å². The van der Waals surface area contributed by atoms with Gasteiger partial charge in [-0.15, -0.1) is 5.10 Å². The van der Waals surface area contributed by atoms with Crippen LogP contribution in [0, 0.1) is 0 Å². The van der Waals surface area contributed by atoms with Crippen molar-refractivity contribution in [3.8, 4) is 0 Å². The molecule has 1 heterocycles. The van der Waals surface area contributed by atoms with Crippen molar-refractivity contribution < 1.29 is 0 Å². The van der Waals surface area contributed by atoms with Gasteiger partial charge >= 0.3 is 0 Å². The molecule has 1 atom stereocenters. The van der Waals surface area contributed by atoms with Gasteiger partial charge < -0.3 is 5.84 Å². The second-order valence-electron chi connectivity index (χ2n) is 3.87. The highest BCUT2D eigenvalue weighted by Gasteiger charge is 2.19. The van der Waals surface area contributed by atoms with E-state index in [2.05, 4.69) is 17.2 Å². The van der Waals surface area contributed by atoms with E-state index in [0.717, 1.165) is 17.8 Å². The summed E-state index contributed by atoms with van der Waals surface area (Å²) in [6, 6.07) is 0. The van der Waals surface area contributed by atoms with E-state index in [1.807, 2.05) is 13.8 Å². The zero-order valence-corrected chi connectivity index (χ0v) is 10.0. The summed E-state index contributed by atoms with van der Waals surface area (Å²) in [4.78, 5) is 1.44. The fourth-order valence-corrected chi connectivity index (χ4v) is 2.01. The Bertz CT molecular complexity index is 293. The minimum Gasteiger partial charge on any atom is -0.322 e. The summed E-state index contributed by atoms with van der Waals surface area (Å²) in [5.41, 5.74) is 2.24. The summed E-state index contributed by atoms with van der Waals surface area (Å²) in [5, 5.41) is 8.00. The predicted octanol–water partition coefficient (Wildman–Crippen LogP) is 2.24. The lowest BCUT2D eigenvalue weighted by atomic mass is 9.93. The molecule has 0 radical (unpaired) electrons.